The Bertz CT molecular complexity index is 93.8. The Morgan fingerprint density at radius 1 is 1.33 bits per heavy atom. The Balaban J connectivity index is 0.000000261. The smallest absolute Gasteiger partial charge is 0.0428 e. The summed E-state index contributed by atoms with van der Waals surface area (Å²) in [5.41, 5.74) is 0. The molecule has 12 heavy (non-hydrogen) atoms. The summed E-state index contributed by atoms with van der Waals surface area (Å²) in [4.78, 5) is 0. The molecule has 0 aromatic heterocycles. The van der Waals surface area contributed by atoms with Crippen LogP contribution in [0.3, 0.4) is 0 Å². The quantitative estimate of drug-likeness (QED) is 0.679. The summed E-state index contributed by atoms with van der Waals surface area (Å²) >= 11 is 0. The minimum Gasteiger partial charge on any atom is -0.396 e. The van der Waals surface area contributed by atoms with Crippen molar-refractivity contribution in [3.05, 3.63) is 0 Å². The van der Waals surface area contributed by atoms with Crippen LogP contribution in [0.25, 0.3) is 0 Å². The molecule has 2 unspecified atom stereocenters. The molecule has 2 N–H and O–H groups in total. The Labute approximate surface area is 76.4 Å². The van der Waals surface area contributed by atoms with Crippen molar-refractivity contribution in [3.8, 4) is 0 Å². The van der Waals surface area contributed by atoms with Gasteiger partial charge in [0.15, 0.2) is 0 Å². The topological polar surface area (TPSA) is 32.3 Å². The van der Waals surface area contributed by atoms with Crippen LogP contribution in [-0.4, -0.2) is 24.8 Å². The van der Waals surface area contributed by atoms with Gasteiger partial charge in [0.2, 0.25) is 0 Å². The van der Waals surface area contributed by atoms with Crippen LogP contribution in [-0.2, 0) is 0 Å². The molecule has 2 atom stereocenters. The second-order valence-corrected chi connectivity index (χ2v) is 3.40. The van der Waals surface area contributed by atoms with Crippen LogP contribution in [0.15, 0.2) is 0 Å². The fourth-order valence-electron chi connectivity index (χ4n) is 1.29. The van der Waals surface area contributed by atoms with E-state index in [9.17, 15) is 0 Å². The van der Waals surface area contributed by atoms with Crippen LogP contribution in [0.1, 0.15) is 39.5 Å². The lowest BCUT2D eigenvalue weighted by molar-refractivity contribution is 0.295. The highest BCUT2D eigenvalue weighted by atomic mass is 16.2. The first-order chi connectivity index (χ1) is 5.79. The van der Waals surface area contributed by atoms with E-state index in [1.54, 1.807) is 0 Å². The monoisotopic (exact) mass is 173 g/mol. The second kappa shape index (κ2) is 7.56. The molecule has 1 rings (SSSR count). The summed E-state index contributed by atoms with van der Waals surface area (Å²) in [7, 11) is 2.06. The Kier molecular flexibility index (Phi) is 7.51. The third kappa shape index (κ3) is 5.56. The van der Waals surface area contributed by atoms with Gasteiger partial charge in [-0.1, -0.05) is 20.3 Å². The van der Waals surface area contributed by atoms with Crippen molar-refractivity contribution < 1.29 is 5.11 Å². The van der Waals surface area contributed by atoms with E-state index in [2.05, 4.69) is 19.3 Å². The molecule has 2 heteroatoms. The molecule has 0 aliphatic heterocycles. The molecule has 0 aromatic rings. The highest BCUT2D eigenvalue weighted by Crippen LogP contribution is 2.33. The van der Waals surface area contributed by atoms with E-state index in [-0.39, 0.29) is 0 Å². The molecular weight excluding hydrogens is 150 g/mol. The highest BCUT2D eigenvalue weighted by Gasteiger charge is 2.33. The average molecular weight is 173 g/mol. The lowest BCUT2D eigenvalue weighted by atomic mass is 10.2. The number of aliphatic hydroxyl groups excluding tert-OH is 1. The minimum absolute atomic E-state index is 0.319. The predicted octanol–water partition coefficient (Wildman–Crippen LogP) is 1.78. The third-order valence-electron chi connectivity index (χ3n) is 2.18. The van der Waals surface area contributed by atoms with Gasteiger partial charge >= 0.3 is 0 Å². The van der Waals surface area contributed by atoms with E-state index in [1.807, 2.05) is 6.92 Å². The van der Waals surface area contributed by atoms with Crippen LogP contribution in [0.4, 0.5) is 0 Å². The van der Waals surface area contributed by atoms with Crippen LogP contribution in [0.2, 0.25) is 0 Å². The van der Waals surface area contributed by atoms with Crippen molar-refractivity contribution in [1.29, 1.82) is 0 Å². The first-order valence-electron chi connectivity index (χ1n) is 5.08. The fraction of sp³-hybridized carbons (Fsp3) is 1.00. The minimum atomic E-state index is 0.319. The first-order valence-corrected chi connectivity index (χ1v) is 5.08. The molecule has 1 saturated carbocycles. The normalized spacial score (nSPS) is 26.0. The zero-order chi connectivity index (χ0) is 9.40. The van der Waals surface area contributed by atoms with E-state index in [4.69, 9.17) is 5.11 Å². The number of rotatable bonds is 4. The van der Waals surface area contributed by atoms with Crippen molar-refractivity contribution in [2.75, 3.05) is 13.7 Å². The predicted molar refractivity (Wildman–Crippen MR) is 53.2 cm³/mol. The van der Waals surface area contributed by atoms with Gasteiger partial charge in [0.05, 0.1) is 0 Å². The van der Waals surface area contributed by atoms with E-state index >= 15 is 0 Å². The molecule has 0 aromatic carbocycles. The summed E-state index contributed by atoms with van der Waals surface area (Å²) in [5, 5.41) is 11.1. The molecule has 0 heterocycles. The van der Waals surface area contributed by atoms with Crippen molar-refractivity contribution in [3.63, 3.8) is 0 Å². The van der Waals surface area contributed by atoms with E-state index in [1.165, 1.54) is 19.3 Å². The number of hydrogen-bond donors (Lipinski definition) is 2. The maximum absolute atomic E-state index is 7.88. The molecular formula is C10H23NO. The van der Waals surface area contributed by atoms with Crippen molar-refractivity contribution in [1.82, 2.24) is 5.32 Å². The average Bonchev–Trinajstić information content (AvgIpc) is 2.85. The summed E-state index contributed by atoms with van der Waals surface area (Å²) in [6.07, 6.45) is 5.07. The Morgan fingerprint density at radius 3 is 2.17 bits per heavy atom. The molecule has 74 valence electrons. The standard InChI is InChI=1S/C7H15N.C3H8O/c1-3-4-6-5-7(6)8-2;1-2-3-4/h6-8H,3-5H2,1-2H3;4H,2-3H2,1H3. The zero-order valence-electron chi connectivity index (χ0n) is 8.64. The summed E-state index contributed by atoms with van der Waals surface area (Å²) in [5.74, 6) is 1.02. The van der Waals surface area contributed by atoms with E-state index in [0.29, 0.717) is 6.61 Å². The largest absolute Gasteiger partial charge is 0.396 e. The fourth-order valence-corrected chi connectivity index (χ4v) is 1.29. The van der Waals surface area contributed by atoms with Crippen molar-refractivity contribution in [2.24, 2.45) is 5.92 Å². The van der Waals surface area contributed by atoms with Crippen LogP contribution in [0, 0.1) is 5.92 Å². The third-order valence-corrected chi connectivity index (χ3v) is 2.18. The molecule has 1 aliphatic carbocycles. The lowest BCUT2D eigenvalue weighted by Crippen LogP contribution is -2.10. The first kappa shape index (κ1) is 11.9. The maximum Gasteiger partial charge on any atom is 0.0428 e. The van der Waals surface area contributed by atoms with Gasteiger partial charge in [0.1, 0.15) is 0 Å². The van der Waals surface area contributed by atoms with Crippen molar-refractivity contribution in [2.45, 2.75) is 45.6 Å². The van der Waals surface area contributed by atoms with Gasteiger partial charge in [0.25, 0.3) is 0 Å². The van der Waals surface area contributed by atoms with Crippen molar-refractivity contribution >= 4 is 0 Å². The molecule has 0 bridgehead atoms. The molecule has 0 radical (unpaired) electrons. The summed E-state index contributed by atoms with van der Waals surface area (Å²) < 4.78 is 0. The van der Waals surface area contributed by atoms with Crippen LogP contribution in [0.5, 0.6) is 0 Å². The number of hydrogen-bond acceptors (Lipinski definition) is 2. The molecule has 1 fully saturated rings. The zero-order valence-corrected chi connectivity index (χ0v) is 8.64. The Hall–Kier alpha value is -0.0800. The van der Waals surface area contributed by atoms with Gasteiger partial charge < -0.3 is 10.4 Å². The SMILES string of the molecule is CCCC1CC1NC.CCCO. The number of nitrogens with one attached hydrogen (secondary N) is 1. The molecule has 2 nitrogen and oxygen atoms in total. The molecule has 0 saturated heterocycles. The maximum atomic E-state index is 7.88. The van der Waals surface area contributed by atoms with Gasteiger partial charge in [-0.25, -0.2) is 0 Å². The van der Waals surface area contributed by atoms with Crippen LogP contribution < -0.4 is 5.32 Å². The van der Waals surface area contributed by atoms with E-state index in [0.717, 1.165) is 18.4 Å². The highest BCUT2D eigenvalue weighted by molar-refractivity contribution is 4.91. The van der Waals surface area contributed by atoms with Gasteiger partial charge in [-0.2, -0.15) is 0 Å². The summed E-state index contributed by atoms with van der Waals surface area (Å²) in [6, 6.07) is 0.870. The van der Waals surface area contributed by atoms with E-state index < -0.39 is 0 Å². The van der Waals surface area contributed by atoms with Gasteiger partial charge in [-0.15, -0.1) is 0 Å². The molecule has 0 amide bonds. The number of aliphatic hydroxyl groups is 1. The Morgan fingerprint density at radius 2 is 1.92 bits per heavy atom. The van der Waals surface area contributed by atoms with Gasteiger partial charge in [-0.3, -0.25) is 0 Å². The van der Waals surface area contributed by atoms with Gasteiger partial charge in [-0.05, 0) is 32.2 Å². The molecule has 1 aliphatic rings. The second-order valence-electron chi connectivity index (χ2n) is 3.40. The summed E-state index contributed by atoms with van der Waals surface area (Å²) in [6.45, 7) is 4.50. The molecule has 0 spiro atoms. The van der Waals surface area contributed by atoms with Gasteiger partial charge in [0, 0.05) is 12.6 Å². The lowest BCUT2D eigenvalue weighted by Gasteiger charge is -1.92. The van der Waals surface area contributed by atoms with Crippen LogP contribution >= 0.6 is 0 Å².